The number of rotatable bonds is 4. The second kappa shape index (κ2) is 8.28. The molecule has 0 amide bonds. The molecule has 0 aliphatic heterocycles. The third kappa shape index (κ3) is 3.21. The van der Waals surface area contributed by atoms with Gasteiger partial charge in [0.05, 0.1) is 11.3 Å². The van der Waals surface area contributed by atoms with Crippen molar-refractivity contribution < 1.29 is 4.79 Å². The summed E-state index contributed by atoms with van der Waals surface area (Å²) >= 11 is 0. The van der Waals surface area contributed by atoms with Gasteiger partial charge in [-0.2, -0.15) is 0 Å². The molecule has 0 radical (unpaired) electrons. The summed E-state index contributed by atoms with van der Waals surface area (Å²) in [7, 11) is 0. The summed E-state index contributed by atoms with van der Waals surface area (Å²) in [4.78, 5) is 13.6. The summed E-state index contributed by atoms with van der Waals surface area (Å²) in [5.41, 5.74) is 7.26. The Bertz CT molecular complexity index is 1430. The number of carbonyl (C=O) groups is 1. The Hall–Kier alpha value is -4.23. The van der Waals surface area contributed by atoms with Gasteiger partial charge in [-0.15, -0.1) is 0 Å². The standard InChI is InChI=1S/C33H24O/c34-32-22-30(26-17-9-3-10-18-26)33(27-19-11-4-12-20-27)23-29(25-15-7-2-8-16-25)28(21-31(32)33)24-13-5-1-6-14-24/h1-23,31H. The van der Waals surface area contributed by atoms with Crippen LogP contribution in [0, 0.1) is 5.92 Å². The van der Waals surface area contributed by atoms with Crippen molar-refractivity contribution in [1.29, 1.82) is 0 Å². The average Bonchev–Trinajstić information content (AvgIpc) is 3.22. The van der Waals surface area contributed by atoms with Crippen LogP contribution in [0.25, 0.3) is 16.7 Å². The Morgan fingerprint density at radius 3 is 1.56 bits per heavy atom. The van der Waals surface area contributed by atoms with E-state index >= 15 is 0 Å². The largest absolute Gasteiger partial charge is 0.294 e. The van der Waals surface area contributed by atoms with E-state index in [1.165, 1.54) is 0 Å². The molecule has 4 aromatic carbocycles. The van der Waals surface area contributed by atoms with Gasteiger partial charge in [0.1, 0.15) is 0 Å². The molecule has 2 aliphatic rings. The van der Waals surface area contributed by atoms with Gasteiger partial charge in [0, 0.05) is 0 Å². The molecule has 1 heteroatoms. The van der Waals surface area contributed by atoms with E-state index in [1.54, 1.807) is 0 Å². The predicted octanol–water partition coefficient (Wildman–Crippen LogP) is 7.39. The van der Waals surface area contributed by atoms with Crippen LogP contribution in [0.5, 0.6) is 0 Å². The second-order valence-corrected chi connectivity index (χ2v) is 8.91. The zero-order chi connectivity index (χ0) is 23.0. The van der Waals surface area contributed by atoms with Gasteiger partial charge in [-0.25, -0.2) is 0 Å². The Labute approximate surface area is 200 Å². The highest BCUT2D eigenvalue weighted by Gasteiger charge is 2.51. The first-order chi connectivity index (χ1) is 16.8. The number of fused-ring (bicyclic) bond motifs is 1. The molecule has 2 unspecified atom stereocenters. The SMILES string of the molecule is O=C1C=C(c2ccccc2)C2(c3ccccc3)C=C(c3ccccc3)C(c3ccccc3)=CC12. The highest BCUT2D eigenvalue weighted by molar-refractivity contribution is 6.16. The van der Waals surface area contributed by atoms with Crippen molar-refractivity contribution in [3.05, 3.63) is 162 Å². The smallest absolute Gasteiger partial charge is 0.164 e. The van der Waals surface area contributed by atoms with Crippen LogP contribution in [0.15, 0.2) is 140 Å². The predicted molar refractivity (Wildman–Crippen MR) is 140 cm³/mol. The average molecular weight is 437 g/mol. The number of benzene rings is 4. The van der Waals surface area contributed by atoms with Gasteiger partial charge in [0.2, 0.25) is 0 Å². The molecule has 34 heavy (non-hydrogen) atoms. The van der Waals surface area contributed by atoms with E-state index in [9.17, 15) is 4.79 Å². The summed E-state index contributed by atoms with van der Waals surface area (Å²) in [6.45, 7) is 0. The van der Waals surface area contributed by atoms with Crippen LogP contribution >= 0.6 is 0 Å². The zero-order valence-corrected chi connectivity index (χ0v) is 18.8. The maximum Gasteiger partial charge on any atom is 0.164 e. The van der Waals surface area contributed by atoms with E-state index in [0.29, 0.717) is 0 Å². The minimum absolute atomic E-state index is 0.152. The lowest BCUT2D eigenvalue weighted by molar-refractivity contribution is -0.116. The summed E-state index contributed by atoms with van der Waals surface area (Å²) in [5, 5.41) is 0. The summed E-state index contributed by atoms with van der Waals surface area (Å²) in [6.07, 6.45) is 6.43. The number of ketones is 1. The molecule has 0 saturated heterocycles. The first kappa shape index (κ1) is 20.4. The topological polar surface area (TPSA) is 17.1 Å². The van der Waals surface area contributed by atoms with E-state index in [-0.39, 0.29) is 11.7 Å². The first-order valence-corrected chi connectivity index (χ1v) is 11.7. The minimum Gasteiger partial charge on any atom is -0.294 e. The lowest BCUT2D eigenvalue weighted by Gasteiger charge is -2.39. The van der Waals surface area contributed by atoms with E-state index in [1.807, 2.05) is 42.5 Å². The van der Waals surface area contributed by atoms with Gasteiger partial charge < -0.3 is 0 Å². The van der Waals surface area contributed by atoms with Crippen molar-refractivity contribution in [2.75, 3.05) is 0 Å². The van der Waals surface area contributed by atoms with Gasteiger partial charge in [0.15, 0.2) is 5.78 Å². The second-order valence-electron chi connectivity index (χ2n) is 8.91. The molecule has 0 spiro atoms. The Morgan fingerprint density at radius 2 is 1.00 bits per heavy atom. The van der Waals surface area contributed by atoms with Gasteiger partial charge >= 0.3 is 0 Å². The normalized spacial score (nSPS) is 21.4. The molecule has 0 aromatic heterocycles. The van der Waals surface area contributed by atoms with E-state index < -0.39 is 5.41 Å². The molecule has 4 aromatic rings. The zero-order valence-electron chi connectivity index (χ0n) is 18.8. The molecule has 1 nitrogen and oxygen atoms in total. The van der Waals surface area contributed by atoms with Crippen LogP contribution in [-0.4, -0.2) is 5.78 Å². The lowest BCUT2D eigenvalue weighted by atomic mass is 9.62. The fraction of sp³-hybridized carbons (Fsp3) is 0.0606. The number of allylic oxidation sites excluding steroid dienone is 6. The Balaban J connectivity index is 1.66. The molecule has 0 N–H and O–H groups in total. The highest BCUT2D eigenvalue weighted by Crippen LogP contribution is 2.56. The molecule has 2 atom stereocenters. The van der Waals surface area contributed by atoms with Crippen molar-refractivity contribution in [3.63, 3.8) is 0 Å². The molecular formula is C33H24O. The summed E-state index contributed by atoms with van der Waals surface area (Å²) in [6, 6.07) is 41.7. The van der Waals surface area contributed by atoms with Crippen molar-refractivity contribution >= 4 is 22.5 Å². The van der Waals surface area contributed by atoms with Crippen LogP contribution in [0.3, 0.4) is 0 Å². The molecule has 0 bridgehead atoms. The minimum atomic E-state index is -0.566. The number of hydrogen-bond donors (Lipinski definition) is 0. The summed E-state index contributed by atoms with van der Waals surface area (Å²) in [5.74, 6) is -0.146. The molecule has 2 aliphatic carbocycles. The quantitative estimate of drug-likeness (QED) is 0.326. The van der Waals surface area contributed by atoms with Gasteiger partial charge in [-0.05, 0) is 45.0 Å². The number of carbonyl (C=O) groups excluding carboxylic acids is 1. The third-order valence-corrected chi connectivity index (χ3v) is 7.03. The maximum absolute atomic E-state index is 13.6. The van der Waals surface area contributed by atoms with Gasteiger partial charge in [-0.3, -0.25) is 4.79 Å². The fourth-order valence-corrected chi connectivity index (χ4v) is 5.48. The van der Waals surface area contributed by atoms with Crippen LogP contribution in [0.4, 0.5) is 0 Å². The van der Waals surface area contributed by atoms with Crippen molar-refractivity contribution in [1.82, 2.24) is 0 Å². The first-order valence-electron chi connectivity index (χ1n) is 11.7. The van der Waals surface area contributed by atoms with Crippen LogP contribution in [-0.2, 0) is 10.2 Å². The summed E-state index contributed by atoms with van der Waals surface area (Å²) < 4.78 is 0. The number of hydrogen-bond acceptors (Lipinski definition) is 1. The van der Waals surface area contributed by atoms with Gasteiger partial charge in [0.25, 0.3) is 0 Å². The Morgan fingerprint density at radius 1 is 0.529 bits per heavy atom. The molecular weight excluding hydrogens is 412 g/mol. The molecule has 0 saturated carbocycles. The molecule has 162 valence electrons. The van der Waals surface area contributed by atoms with Crippen LogP contribution < -0.4 is 0 Å². The third-order valence-electron chi connectivity index (χ3n) is 7.03. The van der Waals surface area contributed by atoms with E-state index in [0.717, 1.165) is 39.0 Å². The molecule has 0 fully saturated rings. The lowest BCUT2D eigenvalue weighted by Crippen LogP contribution is -2.35. The van der Waals surface area contributed by atoms with E-state index in [2.05, 4.69) is 97.1 Å². The maximum atomic E-state index is 13.6. The monoisotopic (exact) mass is 436 g/mol. The van der Waals surface area contributed by atoms with Crippen molar-refractivity contribution in [2.24, 2.45) is 5.92 Å². The van der Waals surface area contributed by atoms with E-state index in [4.69, 9.17) is 0 Å². The van der Waals surface area contributed by atoms with Gasteiger partial charge in [-0.1, -0.05) is 133 Å². The van der Waals surface area contributed by atoms with Crippen LogP contribution in [0.2, 0.25) is 0 Å². The fourth-order valence-electron chi connectivity index (χ4n) is 5.48. The highest BCUT2D eigenvalue weighted by atomic mass is 16.1. The Kier molecular flexibility index (Phi) is 4.96. The molecule has 6 rings (SSSR count). The van der Waals surface area contributed by atoms with Crippen molar-refractivity contribution in [2.45, 2.75) is 5.41 Å². The molecule has 0 heterocycles. The van der Waals surface area contributed by atoms with Crippen LogP contribution in [0.1, 0.15) is 22.3 Å². The van der Waals surface area contributed by atoms with Crippen molar-refractivity contribution in [3.8, 4) is 0 Å².